The average Bonchev–Trinajstić information content (AvgIpc) is 3.02. The van der Waals surface area contributed by atoms with Gasteiger partial charge in [0.25, 0.3) is 0 Å². The molecule has 0 aromatic heterocycles. The van der Waals surface area contributed by atoms with Crippen LogP contribution in [-0.2, 0) is 5.41 Å². The summed E-state index contributed by atoms with van der Waals surface area (Å²) in [4.78, 5) is 0. The van der Waals surface area contributed by atoms with Crippen LogP contribution in [0.2, 0.25) is 0 Å². The molecular weight excluding hydrogens is 312 g/mol. The van der Waals surface area contributed by atoms with E-state index in [0.29, 0.717) is 0 Å². The average molecular weight is 336 g/mol. The van der Waals surface area contributed by atoms with Crippen molar-refractivity contribution in [2.45, 2.75) is 5.41 Å². The molecule has 0 N–H and O–H groups in total. The first-order valence-electron chi connectivity index (χ1n) is 7.05. The van der Waals surface area contributed by atoms with Crippen LogP contribution in [0.5, 0.6) is 0 Å². The van der Waals surface area contributed by atoms with Crippen molar-refractivity contribution in [2.24, 2.45) is 0 Å². The lowest BCUT2D eigenvalue weighted by atomic mass is 9.84. The van der Waals surface area contributed by atoms with E-state index in [1.807, 2.05) is 35.3 Å². The topological polar surface area (TPSA) is 0 Å². The maximum atomic E-state index is 2.34. The van der Waals surface area contributed by atoms with E-state index in [1.165, 1.54) is 34.3 Å². The van der Waals surface area contributed by atoms with Gasteiger partial charge in [-0.2, -0.15) is 35.3 Å². The van der Waals surface area contributed by atoms with Gasteiger partial charge in [-0.05, 0) is 55.6 Å². The summed E-state index contributed by atoms with van der Waals surface area (Å²) in [5, 5.41) is 0. The van der Waals surface area contributed by atoms with Crippen molar-refractivity contribution in [1.82, 2.24) is 0 Å². The third-order valence-corrected chi connectivity index (χ3v) is 6.28. The number of hydrogen-bond acceptors (Lipinski definition) is 3. The van der Waals surface area contributed by atoms with Crippen LogP contribution in [0.1, 0.15) is 11.1 Å². The molecule has 5 radical (unpaired) electrons. The molecule has 0 heterocycles. The Morgan fingerprint density at radius 1 is 0.762 bits per heavy atom. The van der Waals surface area contributed by atoms with Crippen LogP contribution in [0, 0.1) is 31.6 Å². The molecule has 1 aromatic rings. The van der Waals surface area contributed by atoms with E-state index in [0.717, 1.165) is 0 Å². The van der Waals surface area contributed by atoms with Gasteiger partial charge in [0.1, 0.15) is 0 Å². The predicted octanol–water partition coefficient (Wildman–Crippen LogP) is 4.77. The monoisotopic (exact) mass is 335 g/mol. The van der Waals surface area contributed by atoms with Crippen LogP contribution in [0.3, 0.4) is 0 Å². The third-order valence-electron chi connectivity index (χ3n) is 3.76. The van der Waals surface area contributed by atoms with Crippen LogP contribution >= 0.6 is 35.3 Å². The Kier molecular flexibility index (Phi) is 7.37. The van der Waals surface area contributed by atoms with Crippen LogP contribution in [0.25, 0.3) is 0 Å². The molecule has 0 spiro atoms. The van der Waals surface area contributed by atoms with Crippen molar-refractivity contribution in [3.8, 4) is 0 Å². The van der Waals surface area contributed by atoms with E-state index in [9.17, 15) is 0 Å². The Balaban J connectivity index is 2.22. The first-order valence-corrected chi connectivity index (χ1v) is 11.2. The summed E-state index contributed by atoms with van der Waals surface area (Å²) in [5.74, 6) is 4.87. The van der Waals surface area contributed by atoms with Gasteiger partial charge in [0.15, 0.2) is 0 Å². The molecule has 1 fully saturated rings. The fraction of sp³-hybridized carbons (Fsp3) is 0.389. The Morgan fingerprint density at radius 2 is 1.24 bits per heavy atom. The molecular formula is C18H23S3. The highest BCUT2D eigenvalue weighted by Gasteiger charge is 2.31. The molecule has 0 bridgehead atoms. The lowest BCUT2D eigenvalue weighted by molar-refractivity contribution is 0.628. The van der Waals surface area contributed by atoms with Gasteiger partial charge >= 0.3 is 0 Å². The number of thioether (sulfide) groups is 3. The van der Waals surface area contributed by atoms with Crippen LogP contribution < -0.4 is 0 Å². The fourth-order valence-electron chi connectivity index (χ4n) is 2.79. The lowest BCUT2D eigenvalue weighted by Gasteiger charge is -2.33. The van der Waals surface area contributed by atoms with Gasteiger partial charge in [-0.3, -0.25) is 0 Å². The van der Waals surface area contributed by atoms with Crippen molar-refractivity contribution >= 4 is 35.3 Å². The highest BCUT2D eigenvalue weighted by molar-refractivity contribution is 8.00. The van der Waals surface area contributed by atoms with E-state index in [4.69, 9.17) is 0 Å². The molecule has 0 aliphatic heterocycles. The summed E-state index contributed by atoms with van der Waals surface area (Å²) in [6.07, 6.45) is 15.2. The highest BCUT2D eigenvalue weighted by atomic mass is 32.2. The zero-order valence-electron chi connectivity index (χ0n) is 13.0. The minimum absolute atomic E-state index is 0.281. The van der Waals surface area contributed by atoms with Crippen molar-refractivity contribution in [3.05, 3.63) is 67.0 Å². The molecule has 1 aromatic carbocycles. The molecule has 3 heteroatoms. The molecule has 1 aliphatic carbocycles. The summed E-state index contributed by atoms with van der Waals surface area (Å²) in [6.45, 7) is 0. The van der Waals surface area contributed by atoms with Crippen molar-refractivity contribution in [2.75, 3.05) is 36.0 Å². The van der Waals surface area contributed by atoms with E-state index in [2.05, 4.69) is 68.7 Å². The first kappa shape index (κ1) is 17.6. The van der Waals surface area contributed by atoms with Gasteiger partial charge in [0.05, 0.1) is 0 Å². The molecule has 0 atom stereocenters. The van der Waals surface area contributed by atoms with E-state index in [-0.39, 0.29) is 5.41 Å². The molecule has 2 rings (SSSR count). The second-order valence-electron chi connectivity index (χ2n) is 5.33. The number of hydrogen-bond donors (Lipinski definition) is 0. The molecule has 0 amide bonds. The summed E-state index contributed by atoms with van der Waals surface area (Å²) in [7, 11) is 0. The Bertz CT molecular complexity index is 390. The first-order chi connectivity index (χ1) is 10.3. The maximum absolute atomic E-state index is 2.34. The summed E-state index contributed by atoms with van der Waals surface area (Å²) in [6, 6.07) is 9.23. The third kappa shape index (κ3) is 4.39. The van der Waals surface area contributed by atoms with E-state index >= 15 is 0 Å². The smallest absolute Gasteiger partial charge is 0.0224 e. The largest absolute Gasteiger partial charge is 0.164 e. The zero-order valence-corrected chi connectivity index (χ0v) is 15.4. The van der Waals surface area contributed by atoms with Gasteiger partial charge in [-0.15, -0.1) is 0 Å². The van der Waals surface area contributed by atoms with Crippen molar-refractivity contribution in [1.29, 1.82) is 0 Å². The van der Waals surface area contributed by atoms with Gasteiger partial charge in [-0.1, -0.05) is 24.3 Å². The lowest BCUT2D eigenvalue weighted by Crippen LogP contribution is -2.35. The summed E-state index contributed by atoms with van der Waals surface area (Å²) >= 11 is 5.88. The van der Waals surface area contributed by atoms with Gasteiger partial charge in [-0.25, -0.2) is 0 Å². The van der Waals surface area contributed by atoms with Crippen LogP contribution in [0.15, 0.2) is 24.3 Å². The normalized spacial score (nSPS) is 16.5. The van der Waals surface area contributed by atoms with Crippen molar-refractivity contribution < 1.29 is 0 Å². The van der Waals surface area contributed by atoms with Crippen LogP contribution in [-0.4, -0.2) is 36.0 Å². The molecule has 0 saturated heterocycles. The standard InChI is InChI=1S/C18H23S3/c1-19-12-18(13-20-2,14-21-3)17-10-8-16(9-11-17)15-6-4-5-7-15/h4-11H,12-14H2,1-3H3. The fourth-order valence-corrected chi connectivity index (χ4v) is 5.94. The summed E-state index contributed by atoms with van der Waals surface area (Å²) in [5.41, 5.74) is 3.08. The Labute approximate surface area is 143 Å². The predicted molar refractivity (Wildman–Crippen MR) is 103 cm³/mol. The minimum atomic E-state index is 0.281. The van der Waals surface area contributed by atoms with Gasteiger partial charge < -0.3 is 0 Å². The Morgan fingerprint density at radius 3 is 1.67 bits per heavy atom. The molecule has 0 nitrogen and oxygen atoms in total. The molecule has 21 heavy (non-hydrogen) atoms. The van der Waals surface area contributed by atoms with Crippen molar-refractivity contribution in [3.63, 3.8) is 0 Å². The van der Waals surface area contributed by atoms with Gasteiger partial charge in [0.2, 0.25) is 0 Å². The molecule has 1 aliphatic rings. The SMILES string of the molecule is CSCC(CSC)(CSC)c1ccc([C]2[CH][CH][CH][CH]2)cc1. The van der Waals surface area contributed by atoms with Crippen LogP contribution in [0.4, 0.5) is 0 Å². The minimum Gasteiger partial charge on any atom is -0.164 e. The second-order valence-corrected chi connectivity index (χ2v) is 7.93. The highest BCUT2D eigenvalue weighted by Crippen LogP contribution is 2.36. The van der Waals surface area contributed by atoms with E-state index in [1.54, 1.807) is 0 Å². The zero-order chi connectivity index (χ0) is 15.1. The number of rotatable bonds is 8. The Hall–Kier alpha value is 0.270. The van der Waals surface area contributed by atoms with Gasteiger partial charge in [0, 0.05) is 28.6 Å². The second kappa shape index (κ2) is 8.79. The molecule has 0 unspecified atom stereocenters. The quantitative estimate of drug-likeness (QED) is 0.672. The summed E-state index contributed by atoms with van der Waals surface area (Å²) < 4.78 is 0. The maximum Gasteiger partial charge on any atom is 0.0224 e. The molecule has 113 valence electrons. The number of benzene rings is 1. The van der Waals surface area contributed by atoms with E-state index < -0.39 is 0 Å². The molecule has 1 saturated carbocycles.